The van der Waals surface area contributed by atoms with Gasteiger partial charge >= 0.3 is 0 Å². The highest BCUT2D eigenvalue weighted by molar-refractivity contribution is 5.41. The fraction of sp³-hybridized carbons (Fsp3) is 0.600. The average Bonchev–Trinajstić information content (AvgIpc) is 2.23. The second-order valence-electron chi connectivity index (χ2n) is 5.57. The van der Waals surface area contributed by atoms with Gasteiger partial charge in [0, 0.05) is 0 Å². The molecule has 0 aromatic carbocycles. The Balaban J connectivity index is 3.19. The number of hydrogen-bond acceptors (Lipinski definition) is 2. The molecule has 0 heterocycles. The van der Waals surface area contributed by atoms with E-state index in [4.69, 9.17) is 0 Å². The first-order valence-corrected chi connectivity index (χ1v) is 6.18. The molecule has 0 aliphatic heterocycles. The van der Waals surface area contributed by atoms with Gasteiger partial charge in [0.15, 0.2) is 0 Å². The Kier molecular flexibility index (Phi) is 4.34. The highest BCUT2D eigenvalue weighted by Crippen LogP contribution is 2.43. The summed E-state index contributed by atoms with van der Waals surface area (Å²) in [5.41, 5.74) is 3.31. The van der Waals surface area contributed by atoms with Gasteiger partial charge in [-0.25, -0.2) is 0 Å². The molecular weight excluding hydrogens is 212 g/mol. The van der Waals surface area contributed by atoms with Gasteiger partial charge in [-0.2, -0.15) is 0 Å². The van der Waals surface area contributed by atoms with Crippen molar-refractivity contribution in [3.05, 3.63) is 35.5 Å². The van der Waals surface area contributed by atoms with E-state index in [0.29, 0.717) is 0 Å². The molecule has 2 heteroatoms. The van der Waals surface area contributed by atoms with Crippen LogP contribution in [0.4, 0.5) is 0 Å². The van der Waals surface area contributed by atoms with Gasteiger partial charge in [0.1, 0.15) is 0 Å². The van der Waals surface area contributed by atoms with E-state index < -0.39 is 6.10 Å². The molecule has 2 atom stereocenters. The highest BCUT2D eigenvalue weighted by atomic mass is 16.3. The van der Waals surface area contributed by atoms with Crippen molar-refractivity contribution in [2.75, 3.05) is 0 Å². The molecule has 0 aromatic rings. The Morgan fingerprint density at radius 1 is 1.53 bits per heavy atom. The predicted octanol–water partition coefficient (Wildman–Crippen LogP) is 2.98. The lowest BCUT2D eigenvalue weighted by molar-refractivity contribution is 0.162. The summed E-state index contributed by atoms with van der Waals surface area (Å²) in [4.78, 5) is 0. The second kappa shape index (κ2) is 5.19. The summed E-state index contributed by atoms with van der Waals surface area (Å²) >= 11 is 0. The third-order valence-electron chi connectivity index (χ3n) is 3.67. The number of hydrogen-bond donors (Lipinski definition) is 2. The minimum Gasteiger partial charge on any atom is -0.389 e. The molecule has 2 unspecified atom stereocenters. The molecule has 96 valence electrons. The van der Waals surface area contributed by atoms with Crippen LogP contribution in [0.25, 0.3) is 0 Å². The molecule has 2 N–H and O–H groups in total. The number of allylic oxidation sites excluding steroid dienone is 2. The molecular formula is C15H24O2. The molecule has 0 aromatic heterocycles. The standard InChI is InChI=1S/C15H24O2/c1-6-12(16)9-10(2)14-11(3)13(17)7-8-15(14,4)5/h6,9,12-13,16-17H,1,7-8H2,2-5H3. The summed E-state index contributed by atoms with van der Waals surface area (Å²) in [6.07, 6.45) is 4.13. The molecule has 2 nitrogen and oxygen atoms in total. The van der Waals surface area contributed by atoms with E-state index in [0.717, 1.165) is 24.0 Å². The predicted molar refractivity (Wildman–Crippen MR) is 71.7 cm³/mol. The molecule has 1 rings (SSSR count). The SMILES string of the molecule is C=CC(O)C=C(C)C1=C(C)C(O)CCC1(C)C. The van der Waals surface area contributed by atoms with Crippen LogP contribution in [0, 0.1) is 5.41 Å². The maximum absolute atomic E-state index is 9.95. The van der Waals surface area contributed by atoms with Gasteiger partial charge in [-0.1, -0.05) is 19.9 Å². The zero-order chi connectivity index (χ0) is 13.2. The molecule has 0 radical (unpaired) electrons. The first-order valence-electron chi connectivity index (χ1n) is 6.18. The quantitative estimate of drug-likeness (QED) is 0.740. The zero-order valence-electron chi connectivity index (χ0n) is 11.3. The summed E-state index contributed by atoms with van der Waals surface area (Å²) < 4.78 is 0. The van der Waals surface area contributed by atoms with Crippen molar-refractivity contribution in [2.45, 2.75) is 52.7 Å². The van der Waals surface area contributed by atoms with Crippen LogP contribution in [-0.2, 0) is 0 Å². The van der Waals surface area contributed by atoms with E-state index in [-0.39, 0.29) is 11.5 Å². The van der Waals surface area contributed by atoms with Gasteiger partial charge in [0.05, 0.1) is 12.2 Å². The first kappa shape index (κ1) is 14.2. The van der Waals surface area contributed by atoms with E-state index in [1.807, 2.05) is 13.8 Å². The lowest BCUT2D eigenvalue weighted by Gasteiger charge is -2.37. The molecule has 0 saturated carbocycles. The van der Waals surface area contributed by atoms with E-state index in [2.05, 4.69) is 20.4 Å². The van der Waals surface area contributed by atoms with Crippen molar-refractivity contribution in [1.29, 1.82) is 0 Å². The van der Waals surface area contributed by atoms with E-state index in [9.17, 15) is 10.2 Å². The Bertz CT molecular complexity index is 361. The van der Waals surface area contributed by atoms with Crippen LogP contribution in [0.1, 0.15) is 40.5 Å². The number of rotatable bonds is 3. The van der Waals surface area contributed by atoms with E-state index in [1.54, 1.807) is 6.08 Å². The fourth-order valence-electron chi connectivity index (χ4n) is 2.79. The van der Waals surface area contributed by atoms with Crippen LogP contribution in [0.2, 0.25) is 0 Å². The van der Waals surface area contributed by atoms with Crippen LogP contribution in [0.5, 0.6) is 0 Å². The third-order valence-corrected chi connectivity index (χ3v) is 3.67. The van der Waals surface area contributed by atoms with Crippen molar-refractivity contribution < 1.29 is 10.2 Å². The minimum absolute atomic E-state index is 0.0603. The molecule has 1 aliphatic carbocycles. The van der Waals surface area contributed by atoms with Gasteiger partial charge in [-0.05, 0) is 54.9 Å². The van der Waals surface area contributed by atoms with Gasteiger partial charge in [0.2, 0.25) is 0 Å². The number of aliphatic hydroxyl groups is 2. The second-order valence-corrected chi connectivity index (χ2v) is 5.57. The van der Waals surface area contributed by atoms with Crippen molar-refractivity contribution in [2.24, 2.45) is 5.41 Å². The summed E-state index contributed by atoms with van der Waals surface area (Å²) in [6, 6.07) is 0. The largest absolute Gasteiger partial charge is 0.389 e. The van der Waals surface area contributed by atoms with Crippen molar-refractivity contribution in [1.82, 2.24) is 0 Å². The first-order chi connectivity index (χ1) is 7.79. The van der Waals surface area contributed by atoms with Crippen LogP contribution in [-0.4, -0.2) is 22.4 Å². The summed E-state index contributed by atoms with van der Waals surface area (Å²) in [7, 11) is 0. The molecule has 0 saturated heterocycles. The average molecular weight is 236 g/mol. The molecule has 0 amide bonds. The molecule has 0 spiro atoms. The fourth-order valence-corrected chi connectivity index (χ4v) is 2.79. The summed E-state index contributed by atoms with van der Waals surface area (Å²) in [5.74, 6) is 0. The minimum atomic E-state index is -0.620. The number of aliphatic hydroxyl groups excluding tert-OH is 2. The maximum Gasteiger partial charge on any atom is 0.0905 e. The van der Waals surface area contributed by atoms with E-state index in [1.165, 1.54) is 11.6 Å². The Morgan fingerprint density at radius 2 is 2.12 bits per heavy atom. The van der Waals surface area contributed by atoms with Crippen LogP contribution in [0.15, 0.2) is 35.5 Å². The highest BCUT2D eigenvalue weighted by Gasteiger charge is 2.33. The van der Waals surface area contributed by atoms with Crippen molar-refractivity contribution in [3.8, 4) is 0 Å². The molecule has 17 heavy (non-hydrogen) atoms. The molecule has 0 bridgehead atoms. The molecule has 0 fully saturated rings. The van der Waals surface area contributed by atoms with Crippen molar-refractivity contribution in [3.63, 3.8) is 0 Å². The Morgan fingerprint density at radius 3 is 2.65 bits per heavy atom. The summed E-state index contributed by atoms with van der Waals surface area (Å²) in [6.45, 7) is 11.9. The van der Waals surface area contributed by atoms with Gasteiger partial charge < -0.3 is 10.2 Å². The third kappa shape index (κ3) is 3.08. The van der Waals surface area contributed by atoms with Crippen molar-refractivity contribution >= 4 is 0 Å². The summed E-state index contributed by atoms with van der Waals surface area (Å²) in [5, 5.41) is 19.6. The lowest BCUT2D eigenvalue weighted by atomic mass is 9.69. The zero-order valence-corrected chi connectivity index (χ0v) is 11.3. The Hall–Kier alpha value is -0.860. The van der Waals surface area contributed by atoms with Gasteiger partial charge in [0.25, 0.3) is 0 Å². The van der Waals surface area contributed by atoms with Crippen LogP contribution in [0.3, 0.4) is 0 Å². The smallest absolute Gasteiger partial charge is 0.0905 e. The topological polar surface area (TPSA) is 40.5 Å². The van der Waals surface area contributed by atoms with Gasteiger partial charge in [-0.3, -0.25) is 0 Å². The van der Waals surface area contributed by atoms with Crippen LogP contribution >= 0.6 is 0 Å². The monoisotopic (exact) mass is 236 g/mol. The lowest BCUT2D eigenvalue weighted by Crippen LogP contribution is -2.28. The van der Waals surface area contributed by atoms with Crippen LogP contribution < -0.4 is 0 Å². The van der Waals surface area contributed by atoms with E-state index >= 15 is 0 Å². The maximum atomic E-state index is 9.95. The van der Waals surface area contributed by atoms with Gasteiger partial charge in [-0.15, -0.1) is 6.58 Å². The Labute approximate surface area is 104 Å². The molecule has 1 aliphatic rings. The normalized spacial score (nSPS) is 26.9.